The molecule has 0 saturated carbocycles. The first-order chi connectivity index (χ1) is 9.20. The lowest BCUT2D eigenvalue weighted by Crippen LogP contribution is -2.14. The van der Waals surface area contributed by atoms with Crippen LogP contribution in [0.4, 0.5) is 0 Å². The van der Waals surface area contributed by atoms with Crippen LogP contribution in [0.3, 0.4) is 0 Å². The Morgan fingerprint density at radius 3 is 2.55 bits per heavy atom. The largest absolute Gasteiger partial charge is 0.266 e. The van der Waals surface area contributed by atoms with E-state index in [1.807, 2.05) is 27.7 Å². The van der Waals surface area contributed by atoms with Gasteiger partial charge in [0.2, 0.25) is 9.84 Å². The predicted molar refractivity (Wildman–Crippen MR) is 77.7 cm³/mol. The predicted octanol–water partition coefficient (Wildman–Crippen LogP) is 1.88. The van der Waals surface area contributed by atoms with E-state index in [1.165, 1.54) is 11.3 Å². The minimum absolute atomic E-state index is 0.00251. The zero-order valence-corrected chi connectivity index (χ0v) is 13.6. The van der Waals surface area contributed by atoms with Crippen LogP contribution in [-0.4, -0.2) is 34.3 Å². The molecule has 20 heavy (non-hydrogen) atoms. The van der Waals surface area contributed by atoms with E-state index in [0.717, 1.165) is 10.6 Å². The third kappa shape index (κ3) is 3.24. The highest BCUT2D eigenvalue weighted by Crippen LogP contribution is 2.20. The van der Waals surface area contributed by atoms with Gasteiger partial charge in [0, 0.05) is 10.3 Å². The van der Waals surface area contributed by atoms with Gasteiger partial charge in [-0.05, 0) is 13.3 Å². The van der Waals surface area contributed by atoms with Crippen LogP contribution in [-0.2, 0) is 21.7 Å². The molecule has 2 aromatic heterocycles. The van der Waals surface area contributed by atoms with Crippen LogP contribution in [0.5, 0.6) is 0 Å². The van der Waals surface area contributed by atoms with Gasteiger partial charge in [0.15, 0.2) is 0 Å². The normalized spacial score (nSPS) is 12.8. The van der Waals surface area contributed by atoms with Crippen LogP contribution in [0, 0.1) is 6.92 Å². The lowest BCUT2D eigenvalue weighted by molar-refractivity contribution is 0.546. The maximum absolute atomic E-state index is 12.2. The van der Waals surface area contributed by atoms with Crippen LogP contribution in [0.2, 0.25) is 0 Å². The van der Waals surface area contributed by atoms with Crippen LogP contribution in [0.15, 0.2) is 10.7 Å². The topological polar surface area (TPSA) is 88.6 Å². The highest BCUT2D eigenvalue weighted by atomic mass is 32.2. The van der Waals surface area contributed by atoms with Gasteiger partial charge in [0.25, 0.3) is 5.16 Å². The van der Waals surface area contributed by atoms with Gasteiger partial charge in [-0.3, -0.25) is 5.10 Å². The Labute approximate surface area is 122 Å². The number of H-pyrrole nitrogens is 1. The zero-order chi connectivity index (χ0) is 15.0. The van der Waals surface area contributed by atoms with Gasteiger partial charge in [0.05, 0.1) is 17.0 Å². The van der Waals surface area contributed by atoms with Crippen molar-refractivity contribution >= 4 is 21.2 Å². The quantitative estimate of drug-likeness (QED) is 0.931. The zero-order valence-electron chi connectivity index (χ0n) is 12.0. The fourth-order valence-electron chi connectivity index (χ4n) is 1.61. The summed E-state index contributed by atoms with van der Waals surface area (Å²) in [6.45, 7) is 7.72. The highest BCUT2D eigenvalue weighted by Gasteiger charge is 2.25. The van der Waals surface area contributed by atoms with Crippen molar-refractivity contribution in [2.24, 2.45) is 0 Å². The van der Waals surface area contributed by atoms with Crippen molar-refractivity contribution < 1.29 is 8.42 Å². The number of aromatic amines is 1. The van der Waals surface area contributed by atoms with Crippen molar-refractivity contribution in [1.82, 2.24) is 20.2 Å². The minimum Gasteiger partial charge on any atom is -0.262 e. The standard InChI is InChI=1S/C12H18N4O2S2/c1-8-9(19-7-13-8)5-6-20(17,18)11-14-10(15-16-11)12(2,3)4/h7H,5-6H2,1-4H3,(H,14,15,16). The second kappa shape index (κ2) is 5.25. The van der Waals surface area contributed by atoms with E-state index in [0.29, 0.717) is 12.2 Å². The first-order valence-corrected chi connectivity index (χ1v) is 8.78. The SMILES string of the molecule is Cc1ncsc1CCS(=O)(=O)c1n[nH]c(C(C)(C)C)n1. The summed E-state index contributed by atoms with van der Waals surface area (Å²) in [5.74, 6) is 0.572. The molecule has 0 aliphatic rings. The molecule has 2 aromatic rings. The minimum atomic E-state index is -3.47. The summed E-state index contributed by atoms with van der Waals surface area (Å²) in [4.78, 5) is 9.21. The van der Waals surface area contributed by atoms with E-state index < -0.39 is 9.84 Å². The first-order valence-electron chi connectivity index (χ1n) is 6.25. The molecule has 6 nitrogen and oxygen atoms in total. The van der Waals surface area contributed by atoms with E-state index >= 15 is 0 Å². The van der Waals surface area contributed by atoms with Gasteiger partial charge in [-0.2, -0.15) is 0 Å². The second-order valence-electron chi connectivity index (χ2n) is 5.65. The molecular formula is C12H18N4O2S2. The molecule has 0 amide bonds. The molecule has 0 aliphatic carbocycles. The summed E-state index contributed by atoms with van der Waals surface area (Å²) >= 11 is 1.47. The lowest BCUT2D eigenvalue weighted by atomic mass is 9.96. The average molecular weight is 314 g/mol. The number of aromatic nitrogens is 4. The molecule has 2 heterocycles. The molecule has 0 radical (unpaired) electrons. The van der Waals surface area contributed by atoms with E-state index in [4.69, 9.17) is 0 Å². The highest BCUT2D eigenvalue weighted by molar-refractivity contribution is 7.91. The summed E-state index contributed by atoms with van der Waals surface area (Å²) in [6.07, 6.45) is 0.443. The van der Waals surface area contributed by atoms with Crippen LogP contribution < -0.4 is 0 Å². The smallest absolute Gasteiger partial charge is 0.262 e. The fourth-order valence-corrected chi connectivity index (χ4v) is 3.59. The van der Waals surface area contributed by atoms with Gasteiger partial charge >= 0.3 is 0 Å². The molecule has 1 N–H and O–H groups in total. The van der Waals surface area contributed by atoms with E-state index in [1.54, 1.807) is 5.51 Å². The third-order valence-electron chi connectivity index (χ3n) is 2.90. The molecule has 0 bridgehead atoms. The van der Waals surface area contributed by atoms with Gasteiger partial charge in [-0.25, -0.2) is 18.4 Å². The molecule has 0 atom stereocenters. The van der Waals surface area contributed by atoms with Crippen LogP contribution in [0.25, 0.3) is 0 Å². The molecule has 0 fully saturated rings. The van der Waals surface area contributed by atoms with Gasteiger partial charge < -0.3 is 0 Å². The maximum Gasteiger partial charge on any atom is 0.266 e. The third-order valence-corrected chi connectivity index (χ3v) is 5.37. The van der Waals surface area contributed by atoms with Crippen molar-refractivity contribution in [2.45, 2.75) is 44.7 Å². The Hall–Kier alpha value is -1.28. The molecule has 110 valence electrons. The summed E-state index contributed by atoms with van der Waals surface area (Å²) in [5.41, 5.74) is 2.35. The summed E-state index contributed by atoms with van der Waals surface area (Å²) in [6, 6.07) is 0. The monoisotopic (exact) mass is 314 g/mol. The van der Waals surface area contributed by atoms with Gasteiger partial charge in [0.1, 0.15) is 5.82 Å². The van der Waals surface area contributed by atoms with E-state index in [2.05, 4.69) is 20.2 Å². The van der Waals surface area contributed by atoms with Crippen LogP contribution >= 0.6 is 11.3 Å². The first kappa shape index (κ1) is 15.1. The molecule has 0 unspecified atom stereocenters. The molecule has 0 saturated heterocycles. The number of sulfone groups is 1. The second-order valence-corrected chi connectivity index (χ2v) is 8.59. The molecular weight excluding hydrogens is 296 g/mol. The fraction of sp³-hybridized carbons (Fsp3) is 0.583. The van der Waals surface area contributed by atoms with Crippen molar-refractivity contribution in [3.63, 3.8) is 0 Å². The van der Waals surface area contributed by atoms with E-state index in [-0.39, 0.29) is 16.3 Å². The lowest BCUT2D eigenvalue weighted by Gasteiger charge is -2.12. The Morgan fingerprint density at radius 2 is 2.05 bits per heavy atom. The number of rotatable bonds is 4. The Morgan fingerprint density at radius 1 is 1.35 bits per heavy atom. The Balaban J connectivity index is 2.15. The van der Waals surface area contributed by atoms with Crippen LogP contribution in [0.1, 0.15) is 37.2 Å². The number of nitrogens with zero attached hydrogens (tertiary/aromatic N) is 3. The van der Waals surface area contributed by atoms with Crippen molar-refractivity contribution in [3.8, 4) is 0 Å². The summed E-state index contributed by atoms with van der Waals surface area (Å²) < 4.78 is 24.4. The molecule has 2 rings (SSSR count). The van der Waals surface area contributed by atoms with E-state index in [9.17, 15) is 8.42 Å². The number of nitrogens with one attached hydrogen (secondary N) is 1. The molecule has 0 spiro atoms. The van der Waals surface area contributed by atoms with Gasteiger partial charge in [-0.15, -0.1) is 16.4 Å². The van der Waals surface area contributed by atoms with Crippen molar-refractivity contribution in [1.29, 1.82) is 0 Å². The molecule has 0 aliphatic heterocycles. The Kier molecular flexibility index (Phi) is 3.97. The molecule has 8 heteroatoms. The number of hydrogen-bond acceptors (Lipinski definition) is 6. The average Bonchev–Trinajstić information content (AvgIpc) is 2.94. The summed E-state index contributed by atoms with van der Waals surface area (Å²) in [5, 5.41) is 6.43. The number of hydrogen-bond donors (Lipinski definition) is 1. The van der Waals surface area contributed by atoms with Gasteiger partial charge in [-0.1, -0.05) is 20.8 Å². The number of thiazole rings is 1. The maximum atomic E-state index is 12.2. The molecule has 0 aromatic carbocycles. The van der Waals surface area contributed by atoms with Crippen molar-refractivity contribution in [2.75, 3.05) is 5.75 Å². The number of aryl methyl sites for hydroxylation is 2. The van der Waals surface area contributed by atoms with Crippen molar-refractivity contribution in [3.05, 3.63) is 21.9 Å². The Bertz CT molecular complexity index is 695. The summed E-state index contributed by atoms with van der Waals surface area (Å²) in [7, 11) is -3.47.